The van der Waals surface area contributed by atoms with Gasteiger partial charge in [0.2, 0.25) is 5.91 Å². The SMILES string of the molecule is CCCCCCCCCCCCCCCCCCCCC(=O)OCCCCCCCCCCC/C=C\C/C=C\CCCCCCCCCCCCCCCC(=O)NC(CO)C(O)CCCCCCCCCCCCCCC. The van der Waals surface area contributed by atoms with Crippen LogP contribution in [-0.4, -0.2) is 47.4 Å². The van der Waals surface area contributed by atoms with E-state index < -0.39 is 12.1 Å². The van der Waals surface area contributed by atoms with Crippen molar-refractivity contribution in [1.82, 2.24) is 5.32 Å². The van der Waals surface area contributed by atoms with Gasteiger partial charge < -0.3 is 20.3 Å². The summed E-state index contributed by atoms with van der Waals surface area (Å²) in [7, 11) is 0. The van der Waals surface area contributed by atoms with E-state index in [0.717, 1.165) is 44.9 Å². The Morgan fingerprint density at radius 3 is 0.987 bits per heavy atom. The van der Waals surface area contributed by atoms with Gasteiger partial charge in [0.25, 0.3) is 0 Å². The minimum absolute atomic E-state index is 0.0171. The molecule has 2 unspecified atom stereocenters. The number of unbranched alkanes of at least 4 members (excludes halogenated alkanes) is 51. The fourth-order valence-electron chi connectivity index (χ4n) is 11.1. The minimum Gasteiger partial charge on any atom is -0.466 e. The first-order chi connectivity index (χ1) is 38.0. The smallest absolute Gasteiger partial charge is 0.305 e. The molecule has 0 saturated carbocycles. The van der Waals surface area contributed by atoms with Crippen LogP contribution in [0.15, 0.2) is 24.3 Å². The lowest BCUT2D eigenvalue weighted by molar-refractivity contribution is -0.143. The van der Waals surface area contributed by atoms with Gasteiger partial charge in [-0.05, 0) is 57.8 Å². The Morgan fingerprint density at radius 2 is 0.649 bits per heavy atom. The number of esters is 1. The average Bonchev–Trinajstić information content (AvgIpc) is 3.43. The van der Waals surface area contributed by atoms with Crippen molar-refractivity contribution in [3.05, 3.63) is 24.3 Å². The number of hydrogen-bond donors (Lipinski definition) is 3. The molecule has 0 bridgehead atoms. The minimum atomic E-state index is -0.664. The Kier molecular flexibility index (Phi) is 65.4. The first kappa shape index (κ1) is 75.3. The van der Waals surface area contributed by atoms with Crippen LogP contribution in [0.1, 0.15) is 393 Å². The highest BCUT2D eigenvalue weighted by Gasteiger charge is 2.20. The number of amides is 1. The molecule has 456 valence electrons. The number of carbonyl (C=O) groups excluding carboxylic acids is 2. The summed E-state index contributed by atoms with van der Waals surface area (Å²) >= 11 is 0. The van der Waals surface area contributed by atoms with Crippen LogP contribution in [0.2, 0.25) is 0 Å². The molecule has 6 nitrogen and oxygen atoms in total. The second kappa shape index (κ2) is 66.8. The van der Waals surface area contributed by atoms with Gasteiger partial charge >= 0.3 is 5.97 Å². The van der Waals surface area contributed by atoms with E-state index in [1.165, 1.54) is 315 Å². The molecule has 3 N–H and O–H groups in total. The lowest BCUT2D eigenvalue weighted by Gasteiger charge is -2.22. The van der Waals surface area contributed by atoms with E-state index in [2.05, 4.69) is 43.5 Å². The Morgan fingerprint density at radius 1 is 0.364 bits per heavy atom. The zero-order valence-electron chi connectivity index (χ0n) is 52.2. The number of aliphatic hydroxyl groups is 2. The highest BCUT2D eigenvalue weighted by molar-refractivity contribution is 5.76. The predicted octanol–water partition coefficient (Wildman–Crippen LogP) is 22.5. The van der Waals surface area contributed by atoms with Gasteiger partial charge in [-0.3, -0.25) is 9.59 Å². The monoisotopic (exact) mass is 1080 g/mol. The maximum absolute atomic E-state index is 12.5. The second-order valence-corrected chi connectivity index (χ2v) is 24.2. The number of nitrogens with one attached hydrogen (secondary N) is 1. The van der Waals surface area contributed by atoms with E-state index in [1.54, 1.807) is 0 Å². The Bertz CT molecular complexity index is 1200. The maximum Gasteiger partial charge on any atom is 0.305 e. The molecule has 6 heteroatoms. The Labute approximate surface area is 481 Å². The van der Waals surface area contributed by atoms with E-state index in [4.69, 9.17) is 4.74 Å². The fraction of sp³-hybridized carbons (Fsp3) is 0.915. The van der Waals surface area contributed by atoms with E-state index in [-0.39, 0.29) is 18.5 Å². The lowest BCUT2D eigenvalue weighted by atomic mass is 10.0. The normalized spacial score (nSPS) is 12.6. The first-order valence-electron chi connectivity index (χ1n) is 35.1. The molecule has 0 aromatic heterocycles. The Balaban J connectivity index is 3.37. The topological polar surface area (TPSA) is 95.9 Å². The molecule has 0 aromatic rings. The van der Waals surface area contributed by atoms with E-state index in [0.29, 0.717) is 25.9 Å². The van der Waals surface area contributed by atoms with Gasteiger partial charge in [0.15, 0.2) is 0 Å². The third-order valence-electron chi connectivity index (χ3n) is 16.5. The molecule has 0 saturated heterocycles. The zero-order valence-corrected chi connectivity index (χ0v) is 52.2. The van der Waals surface area contributed by atoms with Crippen molar-refractivity contribution in [3.8, 4) is 0 Å². The molecule has 0 heterocycles. The number of carbonyl (C=O) groups is 2. The number of ether oxygens (including phenoxy) is 1. The van der Waals surface area contributed by atoms with Gasteiger partial charge in [-0.2, -0.15) is 0 Å². The van der Waals surface area contributed by atoms with Crippen molar-refractivity contribution in [2.24, 2.45) is 0 Å². The molecule has 0 aliphatic rings. The van der Waals surface area contributed by atoms with Crippen LogP contribution < -0.4 is 5.32 Å². The van der Waals surface area contributed by atoms with Gasteiger partial charge in [-0.25, -0.2) is 0 Å². The van der Waals surface area contributed by atoms with Crippen LogP contribution >= 0.6 is 0 Å². The average molecular weight is 1080 g/mol. The van der Waals surface area contributed by atoms with E-state index in [1.807, 2.05) is 0 Å². The lowest BCUT2D eigenvalue weighted by Crippen LogP contribution is -2.45. The predicted molar refractivity (Wildman–Crippen MR) is 338 cm³/mol. The third-order valence-corrected chi connectivity index (χ3v) is 16.5. The molecular weight excluding hydrogens is 947 g/mol. The molecule has 0 rings (SSSR count). The molecule has 2 atom stereocenters. The highest BCUT2D eigenvalue weighted by atomic mass is 16.5. The second-order valence-electron chi connectivity index (χ2n) is 24.2. The number of aliphatic hydroxyl groups excluding tert-OH is 2. The summed E-state index contributed by atoms with van der Waals surface area (Å²) in [6, 6.07) is -0.541. The van der Waals surface area contributed by atoms with Crippen molar-refractivity contribution in [2.75, 3.05) is 13.2 Å². The number of allylic oxidation sites excluding steroid dienone is 4. The molecule has 77 heavy (non-hydrogen) atoms. The summed E-state index contributed by atoms with van der Waals surface area (Å²) in [6.07, 6.45) is 83.7. The van der Waals surface area contributed by atoms with Gasteiger partial charge in [-0.15, -0.1) is 0 Å². The van der Waals surface area contributed by atoms with Crippen molar-refractivity contribution in [1.29, 1.82) is 0 Å². The fourth-order valence-corrected chi connectivity index (χ4v) is 11.1. The number of hydrogen-bond acceptors (Lipinski definition) is 5. The summed E-state index contributed by atoms with van der Waals surface area (Å²) in [5, 5.41) is 23.3. The van der Waals surface area contributed by atoms with Crippen LogP contribution in [0.25, 0.3) is 0 Å². The largest absolute Gasteiger partial charge is 0.466 e. The van der Waals surface area contributed by atoms with Crippen molar-refractivity contribution in [3.63, 3.8) is 0 Å². The van der Waals surface area contributed by atoms with Gasteiger partial charge in [0.05, 0.1) is 25.4 Å². The molecule has 0 fully saturated rings. The summed E-state index contributed by atoms with van der Waals surface area (Å²) in [5.41, 5.74) is 0. The van der Waals surface area contributed by atoms with E-state index in [9.17, 15) is 19.8 Å². The molecule has 0 aliphatic heterocycles. The van der Waals surface area contributed by atoms with Crippen LogP contribution in [0, 0.1) is 0 Å². The van der Waals surface area contributed by atoms with Crippen molar-refractivity contribution in [2.45, 2.75) is 405 Å². The van der Waals surface area contributed by atoms with Gasteiger partial charge in [-0.1, -0.05) is 346 Å². The summed E-state index contributed by atoms with van der Waals surface area (Å²) in [5.74, 6) is -0.0171. The molecular formula is C71H137NO5. The van der Waals surface area contributed by atoms with Crippen LogP contribution in [0.3, 0.4) is 0 Å². The maximum atomic E-state index is 12.5. The standard InChI is InChI=1S/C71H137NO5/c1-3-5-7-9-11-13-15-17-18-19-34-37-41-45-49-53-57-61-65-71(76)77-66-62-58-54-50-46-42-38-35-32-30-28-26-24-22-20-21-23-25-27-29-31-33-36-40-44-48-52-56-60-64-70(75)72-68(67-73)69(74)63-59-55-51-47-43-39-16-14-12-10-8-6-4-2/h20,22,26,28,68-69,73-74H,3-19,21,23-25,27,29-67H2,1-2H3,(H,72,75)/b22-20-,28-26-. The zero-order chi connectivity index (χ0) is 55.7. The molecule has 1 amide bonds. The molecule has 0 spiro atoms. The summed E-state index contributed by atoms with van der Waals surface area (Å²) in [4.78, 5) is 24.6. The van der Waals surface area contributed by atoms with Gasteiger partial charge in [0, 0.05) is 12.8 Å². The summed E-state index contributed by atoms with van der Waals surface area (Å²) < 4.78 is 5.51. The number of rotatable bonds is 66. The summed E-state index contributed by atoms with van der Waals surface area (Å²) in [6.45, 7) is 4.98. The quantitative estimate of drug-likeness (QED) is 0.0320. The highest BCUT2D eigenvalue weighted by Crippen LogP contribution is 2.19. The molecule has 0 aromatic carbocycles. The van der Waals surface area contributed by atoms with Crippen molar-refractivity contribution >= 4 is 11.9 Å². The third kappa shape index (κ3) is 63.4. The molecule has 0 aliphatic carbocycles. The van der Waals surface area contributed by atoms with Gasteiger partial charge in [0.1, 0.15) is 0 Å². The van der Waals surface area contributed by atoms with Crippen molar-refractivity contribution < 1.29 is 24.5 Å². The van der Waals surface area contributed by atoms with Crippen LogP contribution in [0.4, 0.5) is 0 Å². The van der Waals surface area contributed by atoms with E-state index >= 15 is 0 Å². The van der Waals surface area contributed by atoms with Crippen LogP contribution in [-0.2, 0) is 14.3 Å². The van der Waals surface area contributed by atoms with Crippen LogP contribution in [0.5, 0.6) is 0 Å². The Hall–Kier alpha value is -1.66. The molecule has 0 radical (unpaired) electrons. The first-order valence-corrected chi connectivity index (χ1v) is 35.1.